The molecule has 17 unspecified atom stereocenters. The smallest absolute Gasteiger partial charge is 0.220 e. The second-order valence-electron chi connectivity index (χ2n) is 20.0. The van der Waals surface area contributed by atoms with Crippen molar-refractivity contribution in [2.45, 2.75) is 266 Å². The Bertz CT molecular complexity index is 1550. The number of carbonyl (C=O) groups is 1. The van der Waals surface area contributed by atoms with Crippen molar-refractivity contribution < 1.29 is 89.4 Å². The quantitative estimate of drug-likeness (QED) is 0.0310. The summed E-state index contributed by atoms with van der Waals surface area (Å²) in [6.07, 6.45) is 14.5. The van der Waals surface area contributed by atoms with E-state index in [9.17, 15) is 61.0 Å². The van der Waals surface area contributed by atoms with Crippen LogP contribution in [0.15, 0.2) is 48.6 Å². The molecule has 0 bridgehead atoms. The van der Waals surface area contributed by atoms with Crippen molar-refractivity contribution in [3.05, 3.63) is 48.6 Å². The summed E-state index contributed by atoms with van der Waals surface area (Å²) in [5.41, 5.74) is 0. The van der Waals surface area contributed by atoms with Gasteiger partial charge in [-0.3, -0.25) is 4.79 Å². The summed E-state index contributed by atoms with van der Waals surface area (Å²) < 4.78 is 34.0. The number of amides is 1. The van der Waals surface area contributed by atoms with Crippen molar-refractivity contribution in [1.29, 1.82) is 0 Å². The van der Waals surface area contributed by atoms with Gasteiger partial charge >= 0.3 is 0 Å². The van der Waals surface area contributed by atoms with Crippen molar-refractivity contribution in [3.63, 3.8) is 0 Å². The number of nitrogens with one attached hydrogen (secondary N) is 1. The van der Waals surface area contributed by atoms with Gasteiger partial charge < -0.3 is 89.9 Å². The van der Waals surface area contributed by atoms with Crippen LogP contribution in [0.3, 0.4) is 0 Å². The number of hydrogen-bond donors (Lipinski definition) is 12. The van der Waals surface area contributed by atoms with Crippen molar-refractivity contribution in [3.8, 4) is 0 Å². The average molecular weight is 1060 g/mol. The molecule has 0 aromatic heterocycles. The monoisotopic (exact) mass is 1060 g/mol. The maximum Gasteiger partial charge on any atom is 0.220 e. The van der Waals surface area contributed by atoms with E-state index in [-0.39, 0.29) is 18.9 Å². The third kappa shape index (κ3) is 23.8. The van der Waals surface area contributed by atoms with Crippen molar-refractivity contribution >= 4 is 5.91 Å². The number of allylic oxidation sites excluding steroid dienone is 8. The Hall–Kier alpha value is -2.25. The van der Waals surface area contributed by atoms with Crippen LogP contribution in [0, 0.1) is 0 Å². The minimum absolute atomic E-state index is 0.258. The molecule has 0 saturated carbocycles. The molecule has 12 N–H and O–H groups in total. The molecule has 17 atom stereocenters. The summed E-state index contributed by atoms with van der Waals surface area (Å²) in [6, 6.07) is -0.884. The maximum absolute atomic E-state index is 13.2. The molecule has 0 spiro atoms. The minimum atomic E-state index is -1.97. The summed E-state index contributed by atoms with van der Waals surface area (Å²) in [5.74, 6) is -0.258. The number of unbranched alkanes of at least 4 members (excludes halogenated alkanes) is 15. The molecule has 3 fully saturated rings. The zero-order valence-electron chi connectivity index (χ0n) is 44.3. The van der Waals surface area contributed by atoms with Gasteiger partial charge in [0.15, 0.2) is 18.9 Å². The maximum atomic E-state index is 13.2. The Labute approximate surface area is 440 Å². The Morgan fingerprint density at radius 1 is 0.500 bits per heavy atom. The first-order chi connectivity index (χ1) is 35.8. The van der Waals surface area contributed by atoms with E-state index in [1.54, 1.807) is 0 Å². The second-order valence-corrected chi connectivity index (χ2v) is 20.0. The van der Waals surface area contributed by atoms with Crippen LogP contribution < -0.4 is 5.32 Å². The molecule has 0 aromatic rings. The van der Waals surface area contributed by atoms with Gasteiger partial charge in [0.1, 0.15) is 73.2 Å². The lowest BCUT2D eigenvalue weighted by molar-refractivity contribution is -0.379. The molecule has 1 amide bonds. The first kappa shape index (κ1) is 66.0. The molecule has 3 aliphatic heterocycles. The molecule has 0 aromatic carbocycles. The fourth-order valence-electron chi connectivity index (χ4n) is 9.30. The Balaban J connectivity index is 1.37. The van der Waals surface area contributed by atoms with E-state index >= 15 is 0 Å². The molecular weight excluding hydrogens is 963 g/mol. The van der Waals surface area contributed by atoms with Gasteiger partial charge in [-0.2, -0.15) is 0 Å². The third-order valence-corrected chi connectivity index (χ3v) is 13.9. The molecule has 74 heavy (non-hydrogen) atoms. The molecule has 0 radical (unpaired) electrons. The lowest BCUT2D eigenvalue weighted by Gasteiger charge is -2.48. The standard InChI is InChI=1S/C55H97NO18/c1-3-5-7-9-10-11-12-13-14-15-16-17-18-19-20-21-22-23-24-25-26-27-28-29-31-33-43(61)56-38(39(60)32-30-8-6-4-2)37-69-53-49(67)46(64)51(41(35-58)71-53)74-55-50(68)47(65)52(42(36-59)72-55)73-54-48(66)45(63)44(62)40(34-57)70-54/h5,7,10-11,13-14,16-17,38-42,44-55,57-60,62-68H,3-4,6,8-9,12,15,18-37H2,1-2H3,(H,56,61)/b7-5-,11-10-,14-13-,17-16-. The number of hydrogen-bond acceptors (Lipinski definition) is 18. The third-order valence-electron chi connectivity index (χ3n) is 13.9. The Morgan fingerprint density at radius 3 is 1.45 bits per heavy atom. The van der Waals surface area contributed by atoms with Gasteiger partial charge in [0.25, 0.3) is 0 Å². The molecule has 19 nitrogen and oxygen atoms in total. The lowest BCUT2D eigenvalue weighted by Crippen LogP contribution is -2.66. The van der Waals surface area contributed by atoms with Crippen LogP contribution in [0.1, 0.15) is 162 Å². The predicted molar refractivity (Wildman–Crippen MR) is 277 cm³/mol. The highest BCUT2D eigenvalue weighted by Gasteiger charge is 2.53. The minimum Gasteiger partial charge on any atom is -0.394 e. The van der Waals surface area contributed by atoms with Crippen LogP contribution in [0.2, 0.25) is 0 Å². The largest absolute Gasteiger partial charge is 0.394 e. The van der Waals surface area contributed by atoms with E-state index in [0.29, 0.717) is 19.3 Å². The van der Waals surface area contributed by atoms with Crippen molar-refractivity contribution in [2.75, 3.05) is 26.4 Å². The Kier molecular flexibility index (Phi) is 34.9. The van der Waals surface area contributed by atoms with Gasteiger partial charge in [0.2, 0.25) is 5.91 Å². The highest BCUT2D eigenvalue weighted by molar-refractivity contribution is 5.76. The van der Waals surface area contributed by atoms with Crippen LogP contribution in [0.5, 0.6) is 0 Å². The number of rotatable bonds is 39. The summed E-state index contributed by atoms with van der Waals surface area (Å²) in [5, 5.41) is 119. The summed E-state index contributed by atoms with van der Waals surface area (Å²) in [4.78, 5) is 13.2. The van der Waals surface area contributed by atoms with Gasteiger partial charge in [0.05, 0.1) is 38.6 Å². The van der Waals surface area contributed by atoms with Crippen LogP contribution in [-0.4, -0.2) is 193 Å². The number of carbonyl (C=O) groups excluding carboxylic acids is 1. The zero-order valence-corrected chi connectivity index (χ0v) is 44.3. The lowest BCUT2D eigenvalue weighted by atomic mass is 9.96. The van der Waals surface area contributed by atoms with Gasteiger partial charge in [0, 0.05) is 6.42 Å². The normalized spacial score (nSPS) is 31.8. The van der Waals surface area contributed by atoms with Crippen LogP contribution in [-0.2, 0) is 33.2 Å². The summed E-state index contributed by atoms with van der Waals surface area (Å²) in [6.45, 7) is 1.51. The van der Waals surface area contributed by atoms with Crippen LogP contribution in [0.25, 0.3) is 0 Å². The second kappa shape index (κ2) is 39.2. The molecule has 430 valence electrons. The van der Waals surface area contributed by atoms with Gasteiger partial charge in [-0.25, -0.2) is 0 Å². The molecule has 3 saturated heterocycles. The first-order valence-electron chi connectivity index (χ1n) is 27.9. The predicted octanol–water partition coefficient (Wildman–Crippen LogP) is 3.53. The molecule has 19 heteroatoms. The van der Waals surface area contributed by atoms with E-state index in [2.05, 4.69) is 67.8 Å². The molecule has 0 aliphatic carbocycles. The van der Waals surface area contributed by atoms with Crippen LogP contribution in [0.4, 0.5) is 0 Å². The number of aliphatic hydroxyl groups excluding tert-OH is 11. The van der Waals surface area contributed by atoms with Gasteiger partial charge in [-0.15, -0.1) is 0 Å². The van der Waals surface area contributed by atoms with Crippen molar-refractivity contribution in [1.82, 2.24) is 5.32 Å². The fraction of sp³-hybridized carbons (Fsp3) is 0.836. The average Bonchev–Trinajstić information content (AvgIpc) is 3.40. The SMILES string of the molecule is CC/C=C\C/C=C\C/C=C\C/C=C\CCCCCCCCCCCCCCC(=O)NC(COC1OC(CO)C(OC2OC(CO)C(OC3OC(CO)C(O)C(O)C3O)C(O)C2O)C(O)C1O)C(O)CCCCCC. The summed E-state index contributed by atoms with van der Waals surface area (Å²) >= 11 is 0. The fourth-order valence-corrected chi connectivity index (χ4v) is 9.30. The van der Waals surface area contributed by atoms with E-state index in [1.807, 2.05) is 0 Å². The zero-order chi connectivity index (χ0) is 54.1. The topological polar surface area (TPSA) is 307 Å². The van der Waals surface area contributed by atoms with E-state index < -0.39 is 124 Å². The van der Waals surface area contributed by atoms with Crippen LogP contribution >= 0.6 is 0 Å². The van der Waals surface area contributed by atoms with Gasteiger partial charge in [-0.05, 0) is 51.4 Å². The number of ether oxygens (including phenoxy) is 6. The highest BCUT2D eigenvalue weighted by atomic mass is 16.8. The van der Waals surface area contributed by atoms with Crippen molar-refractivity contribution in [2.24, 2.45) is 0 Å². The molecule has 3 rings (SSSR count). The molecular formula is C55H97NO18. The van der Waals surface area contributed by atoms with E-state index in [1.165, 1.54) is 51.4 Å². The van der Waals surface area contributed by atoms with E-state index in [0.717, 1.165) is 70.6 Å². The summed E-state index contributed by atoms with van der Waals surface area (Å²) in [7, 11) is 0. The first-order valence-corrected chi connectivity index (χ1v) is 27.9. The van der Waals surface area contributed by atoms with Gasteiger partial charge in [-0.1, -0.05) is 152 Å². The molecule has 3 heterocycles. The van der Waals surface area contributed by atoms with E-state index in [4.69, 9.17) is 28.4 Å². The molecule has 3 aliphatic rings. The highest BCUT2D eigenvalue weighted by Crippen LogP contribution is 2.33. The number of aliphatic hydroxyl groups is 11. The Morgan fingerprint density at radius 2 is 0.932 bits per heavy atom.